The van der Waals surface area contributed by atoms with Crippen molar-refractivity contribution < 1.29 is 5.11 Å². The maximum atomic E-state index is 8.58. The lowest BCUT2D eigenvalue weighted by molar-refractivity contribution is 0.263. The molecule has 70 valence electrons. The molecule has 2 nitrogen and oxygen atoms in total. The van der Waals surface area contributed by atoms with Gasteiger partial charge in [-0.25, -0.2) is 0 Å². The minimum Gasteiger partial charge on any atom is -0.396 e. The monoisotopic (exact) mass is 169 g/mol. The molecule has 0 atom stereocenters. The summed E-state index contributed by atoms with van der Waals surface area (Å²) in [6.45, 7) is 10.5. The Morgan fingerprint density at radius 3 is 2.08 bits per heavy atom. The summed E-state index contributed by atoms with van der Waals surface area (Å²) in [5.41, 5.74) is 0. The highest BCUT2D eigenvalue weighted by Crippen LogP contribution is 1.95. The summed E-state index contributed by atoms with van der Waals surface area (Å²) in [4.78, 5) is 2.25. The lowest BCUT2D eigenvalue weighted by atomic mass is 10.3. The van der Waals surface area contributed by atoms with Crippen LogP contribution in [0.3, 0.4) is 0 Å². The molecule has 0 rings (SSSR count). The van der Waals surface area contributed by atoms with E-state index in [1.165, 1.54) is 0 Å². The van der Waals surface area contributed by atoms with E-state index in [4.69, 9.17) is 5.11 Å². The Hall–Kier alpha value is -0.600. The predicted molar refractivity (Wildman–Crippen MR) is 53.2 cm³/mol. The van der Waals surface area contributed by atoms with E-state index in [0.717, 1.165) is 32.5 Å². The molecule has 0 aliphatic rings. The molecule has 0 heterocycles. The highest BCUT2D eigenvalue weighted by molar-refractivity contribution is 4.79. The van der Waals surface area contributed by atoms with Crippen LogP contribution in [0.2, 0.25) is 0 Å². The molecule has 0 aromatic carbocycles. The van der Waals surface area contributed by atoms with Crippen molar-refractivity contribution in [3.05, 3.63) is 25.3 Å². The third-order valence-corrected chi connectivity index (χ3v) is 1.66. The van der Waals surface area contributed by atoms with Crippen molar-refractivity contribution >= 4 is 0 Å². The van der Waals surface area contributed by atoms with Gasteiger partial charge in [-0.05, 0) is 19.4 Å². The van der Waals surface area contributed by atoms with Crippen LogP contribution in [-0.2, 0) is 0 Å². The first-order valence-electron chi connectivity index (χ1n) is 4.40. The third-order valence-electron chi connectivity index (χ3n) is 1.66. The predicted octanol–water partition coefficient (Wildman–Crippen LogP) is 1.43. The summed E-state index contributed by atoms with van der Waals surface area (Å²) < 4.78 is 0. The lowest BCUT2D eigenvalue weighted by Gasteiger charge is -2.17. The molecule has 12 heavy (non-hydrogen) atoms. The maximum absolute atomic E-state index is 8.58. The van der Waals surface area contributed by atoms with Crippen LogP contribution in [0.1, 0.15) is 12.8 Å². The summed E-state index contributed by atoms with van der Waals surface area (Å²) in [6, 6.07) is 0. The van der Waals surface area contributed by atoms with E-state index < -0.39 is 0 Å². The van der Waals surface area contributed by atoms with Gasteiger partial charge in [0.05, 0.1) is 0 Å². The van der Waals surface area contributed by atoms with Crippen molar-refractivity contribution in [2.75, 3.05) is 26.2 Å². The van der Waals surface area contributed by atoms with E-state index >= 15 is 0 Å². The quantitative estimate of drug-likeness (QED) is 0.439. The number of aliphatic hydroxyl groups excluding tert-OH is 1. The zero-order valence-electron chi connectivity index (χ0n) is 7.71. The molecule has 0 aliphatic heterocycles. The minimum atomic E-state index is 0.288. The zero-order valence-corrected chi connectivity index (χ0v) is 7.71. The largest absolute Gasteiger partial charge is 0.396 e. The first-order chi connectivity index (χ1) is 5.85. The van der Waals surface area contributed by atoms with Crippen molar-refractivity contribution in [2.24, 2.45) is 0 Å². The van der Waals surface area contributed by atoms with Crippen molar-refractivity contribution in [3.63, 3.8) is 0 Å². The van der Waals surface area contributed by atoms with Crippen LogP contribution in [0.4, 0.5) is 0 Å². The number of hydrogen-bond donors (Lipinski definition) is 1. The van der Waals surface area contributed by atoms with Crippen molar-refractivity contribution in [3.8, 4) is 0 Å². The van der Waals surface area contributed by atoms with E-state index in [1.54, 1.807) is 0 Å². The smallest absolute Gasteiger partial charge is 0.0431 e. The molecule has 0 aromatic rings. The molecule has 0 spiro atoms. The van der Waals surface area contributed by atoms with Crippen LogP contribution in [0.25, 0.3) is 0 Å². The zero-order chi connectivity index (χ0) is 9.23. The molecule has 0 aliphatic carbocycles. The fraction of sp³-hybridized carbons (Fsp3) is 0.600. The molecule has 0 amide bonds. The fourth-order valence-corrected chi connectivity index (χ4v) is 1.07. The van der Waals surface area contributed by atoms with Gasteiger partial charge in [-0.2, -0.15) is 0 Å². The van der Waals surface area contributed by atoms with Crippen LogP contribution in [0.15, 0.2) is 25.3 Å². The second-order valence-electron chi connectivity index (χ2n) is 2.77. The summed E-state index contributed by atoms with van der Waals surface area (Å²) in [7, 11) is 0. The molecule has 0 bridgehead atoms. The number of unbranched alkanes of at least 4 members (excludes halogenated alkanes) is 1. The third kappa shape index (κ3) is 6.13. The molecule has 0 saturated carbocycles. The van der Waals surface area contributed by atoms with Crippen molar-refractivity contribution in [2.45, 2.75) is 12.8 Å². The number of rotatable bonds is 8. The second-order valence-corrected chi connectivity index (χ2v) is 2.77. The first-order valence-corrected chi connectivity index (χ1v) is 4.40. The Morgan fingerprint density at radius 2 is 1.67 bits per heavy atom. The van der Waals surface area contributed by atoms with Gasteiger partial charge in [0.2, 0.25) is 0 Å². The van der Waals surface area contributed by atoms with E-state index in [2.05, 4.69) is 18.1 Å². The maximum Gasteiger partial charge on any atom is 0.0431 e. The van der Waals surface area contributed by atoms with Crippen LogP contribution >= 0.6 is 0 Å². The van der Waals surface area contributed by atoms with Gasteiger partial charge in [0.25, 0.3) is 0 Å². The molecular formula is C10H19NO. The second kappa shape index (κ2) is 8.50. The molecule has 0 radical (unpaired) electrons. The van der Waals surface area contributed by atoms with Gasteiger partial charge in [0.1, 0.15) is 0 Å². The van der Waals surface area contributed by atoms with Gasteiger partial charge in [0, 0.05) is 19.7 Å². The average Bonchev–Trinajstić information content (AvgIpc) is 2.06. The molecule has 0 unspecified atom stereocenters. The van der Waals surface area contributed by atoms with E-state index in [-0.39, 0.29) is 6.61 Å². The summed E-state index contributed by atoms with van der Waals surface area (Å²) in [5.74, 6) is 0. The SMILES string of the molecule is C=CCN(CC=C)CCCCO. The molecule has 1 N–H and O–H groups in total. The van der Waals surface area contributed by atoms with Gasteiger partial charge in [-0.1, -0.05) is 12.2 Å². The van der Waals surface area contributed by atoms with Crippen LogP contribution in [0.5, 0.6) is 0 Å². The van der Waals surface area contributed by atoms with Crippen molar-refractivity contribution in [1.29, 1.82) is 0 Å². The Kier molecular flexibility index (Phi) is 8.07. The first kappa shape index (κ1) is 11.4. The normalized spacial score (nSPS) is 10.2. The Bertz CT molecular complexity index is 113. The van der Waals surface area contributed by atoms with Gasteiger partial charge in [-0.3, -0.25) is 4.90 Å². The van der Waals surface area contributed by atoms with Gasteiger partial charge >= 0.3 is 0 Å². The van der Waals surface area contributed by atoms with Gasteiger partial charge < -0.3 is 5.11 Å². The molecular weight excluding hydrogens is 150 g/mol. The van der Waals surface area contributed by atoms with E-state index in [9.17, 15) is 0 Å². The van der Waals surface area contributed by atoms with Gasteiger partial charge in [-0.15, -0.1) is 13.2 Å². The summed E-state index contributed by atoms with van der Waals surface area (Å²) in [6.07, 6.45) is 5.70. The van der Waals surface area contributed by atoms with Crippen LogP contribution < -0.4 is 0 Å². The average molecular weight is 169 g/mol. The topological polar surface area (TPSA) is 23.5 Å². The number of aliphatic hydroxyl groups is 1. The highest BCUT2D eigenvalue weighted by Gasteiger charge is 1.98. The minimum absolute atomic E-state index is 0.288. The molecule has 0 fully saturated rings. The number of nitrogens with zero attached hydrogens (tertiary/aromatic N) is 1. The van der Waals surface area contributed by atoms with Crippen molar-refractivity contribution in [1.82, 2.24) is 4.90 Å². The lowest BCUT2D eigenvalue weighted by Crippen LogP contribution is -2.25. The molecule has 0 saturated heterocycles. The Labute approximate surface area is 75.2 Å². The fourth-order valence-electron chi connectivity index (χ4n) is 1.07. The van der Waals surface area contributed by atoms with Crippen LogP contribution in [0, 0.1) is 0 Å². The Morgan fingerprint density at radius 1 is 1.08 bits per heavy atom. The van der Waals surface area contributed by atoms with E-state index in [1.807, 2.05) is 12.2 Å². The Balaban J connectivity index is 3.47. The van der Waals surface area contributed by atoms with Crippen LogP contribution in [-0.4, -0.2) is 36.2 Å². The van der Waals surface area contributed by atoms with E-state index in [0.29, 0.717) is 0 Å². The summed E-state index contributed by atoms with van der Waals surface area (Å²) in [5, 5.41) is 8.58. The highest BCUT2D eigenvalue weighted by atomic mass is 16.2. The standard InChI is InChI=1S/C10H19NO/c1-3-7-11(8-4-2)9-5-6-10-12/h3-4,12H,1-2,5-10H2. The molecule has 0 aromatic heterocycles. The summed E-state index contributed by atoms with van der Waals surface area (Å²) >= 11 is 0. The number of hydrogen-bond acceptors (Lipinski definition) is 2. The molecule has 2 heteroatoms. The van der Waals surface area contributed by atoms with Gasteiger partial charge in [0.15, 0.2) is 0 Å².